The van der Waals surface area contributed by atoms with Crippen LogP contribution in [0.1, 0.15) is 29.3 Å². The summed E-state index contributed by atoms with van der Waals surface area (Å²) in [6.07, 6.45) is 2.97. The number of carbonyl (C=O) groups is 1. The Balaban J connectivity index is 1.66. The van der Waals surface area contributed by atoms with E-state index in [9.17, 15) is 4.79 Å². The molecule has 5 nitrogen and oxygen atoms in total. The van der Waals surface area contributed by atoms with E-state index in [-0.39, 0.29) is 11.9 Å². The van der Waals surface area contributed by atoms with E-state index in [2.05, 4.69) is 10.2 Å². The standard InChI is InChI=1S/C17H20ClN3O2/c1-12-10-19-20-17(12)15-11-23-9-8-21(15)16(22)7-4-13-2-5-14(18)6-3-13/h2-3,5-6,10,15H,4,7-9,11H2,1H3,(H,19,20)/t15-/m1/s1. The lowest BCUT2D eigenvalue weighted by molar-refractivity contribution is -0.140. The number of aryl methyl sites for hydroxylation is 2. The molecule has 1 aromatic heterocycles. The molecule has 1 saturated heterocycles. The average Bonchev–Trinajstić information content (AvgIpc) is 3.00. The molecule has 1 fully saturated rings. The maximum absolute atomic E-state index is 12.7. The molecular formula is C17H20ClN3O2. The molecule has 23 heavy (non-hydrogen) atoms. The van der Waals surface area contributed by atoms with Crippen LogP contribution in [0, 0.1) is 6.92 Å². The van der Waals surface area contributed by atoms with Crippen LogP contribution in [-0.4, -0.2) is 40.8 Å². The molecule has 2 heterocycles. The van der Waals surface area contributed by atoms with Crippen LogP contribution >= 0.6 is 11.6 Å². The molecule has 1 amide bonds. The molecule has 1 atom stereocenters. The van der Waals surface area contributed by atoms with E-state index < -0.39 is 0 Å². The van der Waals surface area contributed by atoms with E-state index in [0.717, 1.165) is 16.8 Å². The predicted octanol–water partition coefficient (Wildman–Crippen LogP) is 2.90. The van der Waals surface area contributed by atoms with Gasteiger partial charge in [0, 0.05) is 18.0 Å². The summed E-state index contributed by atoms with van der Waals surface area (Å²) < 4.78 is 5.56. The highest BCUT2D eigenvalue weighted by Crippen LogP contribution is 2.26. The molecular weight excluding hydrogens is 314 g/mol. The van der Waals surface area contributed by atoms with E-state index in [1.165, 1.54) is 0 Å². The van der Waals surface area contributed by atoms with Crippen LogP contribution in [0.25, 0.3) is 0 Å². The lowest BCUT2D eigenvalue weighted by Gasteiger charge is -2.35. The third-order valence-electron chi connectivity index (χ3n) is 4.19. The highest BCUT2D eigenvalue weighted by Gasteiger charge is 2.30. The Morgan fingerprint density at radius 2 is 2.22 bits per heavy atom. The second-order valence-electron chi connectivity index (χ2n) is 5.77. The first-order chi connectivity index (χ1) is 11.1. The van der Waals surface area contributed by atoms with Gasteiger partial charge in [-0.1, -0.05) is 23.7 Å². The molecule has 2 aromatic rings. The number of morpholine rings is 1. The van der Waals surface area contributed by atoms with Crippen LogP contribution in [0.4, 0.5) is 0 Å². The van der Waals surface area contributed by atoms with Gasteiger partial charge in [-0.05, 0) is 36.6 Å². The van der Waals surface area contributed by atoms with Crippen LogP contribution in [0.5, 0.6) is 0 Å². The SMILES string of the molecule is Cc1cn[nH]c1[C@H]1COCCN1C(=O)CCc1ccc(Cl)cc1. The molecule has 0 unspecified atom stereocenters. The van der Waals surface area contributed by atoms with E-state index in [1.54, 1.807) is 6.20 Å². The minimum atomic E-state index is -0.0797. The fourth-order valence-electron chi connectivity index (χ4n) is 2.88. The molecule has 1 aliphatic heterocycles. The summed E-state index contributed by atoms with van der Waals surface area (Å²) in [5.41, 5.74) is 3.13. The molecule has 122 valence electrons. The van der Waals surface area contributed by atoms with Crippen molar-refractivity contribution in [3.05, 3.63) is 52.3 Å². The van der Waals surface area contributed by atoms with Gasteiger partial charge in [0.15, 0.2) is 0 Å². The molecule has 0 saturated carbocycles. The lowest BCUT2D eigenvalue weighted by atomic mass is 10.1. The lowest BCUT2D eigenvalue weighted by Crippen LogP contribution is -2.43. The number of amides is 1. The van der Waals surface area contributed by atoms with Crippen molar-refractivity contribution in [2.75, 3.05) is 19.8 Å². The number of aromatic amines is 1. The van der Waals surface area contributed by atoms with E-state index in [0.29, 0.717) is 37.6 Å². The minimum absolute atomic E-state index is 0.0797. The molecule has 1 N–H and O–H groups in total. The number of halogens is 1. The summed E-state index contributed by atoms with van der Waals surface area (Å²) in [4.78, 5) is 14.6. The van der Waals surface area contributed by atoms with Crippen LogP contribution in [0.2, 0.25) is 5.02 Å². The highest BCUT2D eigenvalue weighted by atomic mass is 35.5. The number of hydrogen-bond acceptors (Lipinski definition) is 3. The zero-order chi connectivity index (χ0) is 16.2. The first-order valence-corrected chi connectivity index (χ1v) is 8.14. The zero-order valence-electron chi connectivity index (χ0n) is 13.1. The normalized spacial score (nSPS) is 18.2. The second kappa shape index (κ2) is 7.15. The number of aromatic nitrogens is 2. The van der Waals surface area contributed by atoms with Gasteiger partial charge in [-0.3, -0.25) is 9.89 Å². The third kappa shape index (κ3) is 3.74. The Morgan fingerprint density at radius 1 is 1.43 bits per heavy atom. The van der Waals surface area contributed by atoms with Crippen molar-refractivity contribution in [3.63, 3.8) is 0 Å². The number of hydrogen-bond donors (Lipinski definition) is 1. The molecule has 0 bridgehead atoms. The number of rotatable bonds is 4. The summed E-state index contributed by atoms with van der Waals surface area (Å²) >= 11 is 5.89. The number of nitrogens with one attached hydrogen (secondary N) is 1. The largest absolute Gasteiger partial charge is 0.377 e. The number of ether oxygens (including phenoxy) is 1. The smallest absolute Gasteiger partial charge is 0.223 e. The van der Waals surface area contributed by atoms with Gasteiger partial charge in [0.05, 0.1) is 31.1 Å². The highest BCUT2D eigenvalue weighted by molar-refractivity contribution is 6.30. The maximum atomic E-state index is 12.7. The average molecular weight is 334 g/mol. The van der Waals surface area contributed by atoms with Crippen LogP contribution in [-0.2, 0) is 16.0 Å². The first-order valence-electron chi connectivity index (χ1n) is 7.76. The predicted molar refractivity (Wildman–Crippen MR) is 88.4 cm³/mol. The van der Waals surface area contributed by atoms with Crippen molar-refractivity contribution in [3.8, 4) is 0 Å². The van der Waals surface area contributed by atoms with Crippen LogP contribution < -0.4 is 0 Å². The van der Waals surface area contributed by atoms with Gasteiger partial charge in [0.2, 0.25) is 5.91 Å². The Hall–Kier alpha value is -1.85. The maximum Gasteiger partial charge on any atom is 0.223 e. The number of benzene rings is 1. The zero-order valence-corrected chi connectivity index (χ0v) is 13.8. The summed E-state index contributed by atoms with van der Waals surface area (Å²) in [5, 5.41) is 7.77. The van der Waals surface area contributed by atoms with Gasteiger partial charge in [-0.2, -0.15) is 5.10 Å². The van der Waals surface area contributed by atoms with Gasteiger partial charge in [-0.25, -0.2) is 0 Å². The molecule has 1 aliphatic rings. The van der Waals surface area contributed by atoms with Crippen molar-refractivity contribution in [2.24, 2.45) is 0 Å². The molecule has 3 rings (SSSR count). The topological polar surface area (TPSA) is 58.2 Å². The summed E-state index contributed by atoms with van der Waals surface area (Å²) in [6.45, 7) is 3.69. The van der Waals surface area contributed by atoms with Crippen molar-refractivity contribution < 1.29 is 9.53 Å². The van der Waals surface area contributed by atoms with Crippen molar-refractivity contribution in [1.82, 2.24) is 15.1 Å². The number of carbonyl (C=O) groups excluding carboxylic acids is 1. The van der Waals surface area contributed by atoms with Crippen molar-refractivity contribution in [2.45, 2.75) is 25.8 Å². The molecule has 0 spiro atoms. The summed E-state index contributed by atoms with van der Waals surface area (Å²) in [5.74, 6) is 0.141. The monoisotopic (exact) mass is 333 g/mol. The first kappa shape index (κ1) is 16.0. The van der Waals surface area contributed by atoms with Crippen molar-refractivity contribution in [1.29, 1.82) is 0 Å². The number of H-pyrrole nitrogens is 1. The quantitative estimate of drug-likeness (QED) is 0.936. The van der Waals surface area contributed by atoms with E-state index in [4.69, 9.17) is 16.3 Å². The molecule has 6 heteroatoms. The second-order valence-corrected chi connectivity index (χ2v) is 6.21. The van der Waals surface area contributed by atoms with Gasteiger partial charge in [0.25, 0.3) is 0 Å². The fraction of sp³-hybridized carbons (Fsp3) is 0.412. The van der Waals surface area contributed by atoms with E-state index >= 15 is 0 Å². The van der Waals surface area contributed by atoms with Gasteiger partial charge >= 0.3 is 0 Å². The number of nitrogens with zero attached hydrogens (tertiary/aromatic N) is 2. The van der Waals surface area contributed by atoms with Crippen LogP contribution in [0.3, 0.4) is 0 Å². The Morgan fingerprint density at radius 3 is 2.91 bits per heavy atom. The Kier molecular flexibility index (Phi) is 4.98. The third-order valence-corrected chi connectivity index (χ3v) is 4.44. The minimum Gasteiger partial charge on any atom is -0.377 e. The molecule has 1 aromatic carbocycles. The molecule has 0 aliphatic carbocycles. The fourth-order valence-corrected chi connectivity index (χ4v) is 3.01. The van der Waals surface area contributed by atoms with Crippen molar-refractivity contribution >= 4 is 17.5 Å². The van der Waals surface area contributed by atoms with Gasteiger partial charge in [0.1, 0.15) is 0 Å². The summed E-state index contributed by atoms with van der Waals surface area (Å²) in [7, 11) is 0. The summed E-state index contributed by atoms with van der Waals surface area (Å²) in [6, 6.07) is 7.56. The van der Waals surface area contributed by atoms with Gasteiger partial charge < -0.3 is 9.64 Å². The van der Waals surface area contributed by atoms with Gasteiger partial charge in [-0.15, -0.1) is 0 Å². The van der Waals surface area contributed by atoms with E-state index in [1.807, 2.05) is 36.1 Å². The molecule has 0 radical (unpaired) electrons. The Labute approximate surface area is 140 Å². The van der Waals surface area contributed by atoms with Crippen LogP contribution in [0.15, 0.2) is 30.5 Å². The Bertz CT molecular complexity index is 669.